The van der Waals surface area contributed by atoms with E-state index in [4.69, 9.17) is 0 Å². The third-order valence-corrected chi connectivity index (χ3v) is 9.95. The molecule has 0 bridgehead atoms. The molecule has 8 nitrogen and oxygen atoms in total. The highest BCUT2D eigenvalue weighted by molar-refractivity contribution is 6.24. The van der Waals surface area contributed by atoms with Crippen molar-refractivity contribution in [1.29, 1.82) is 0 Å². The number of Topliss-reactive ketones (excluding diaryl/α,β-unsaturated/α-hetero) is 4. The zero-order valence-corrected chi connectivity index (χ0v) is 25.4. The lowest BCUT2D eigenvalue weighted by atomic mass is 9.43. The number of aromatic hydroxyl groups is 1. The molecule has 0 amide bonds. The highest BCUT2D eigenvalue weighted by atomic mass is 16.3. The number of allylic oxidation sites excluding steroid dienone is 1. The third kappa shape index (κ3) is 4.21. The van der Waals surface area contributed by atoms with E-state index in [1.807, 2.05) is 25.1 Å². The Morgan fingerprint density at radius 1 is 1.05 bits per heavy atom. The lowest BCUT2D eigenvalue weighted by molar-refractivity contribution is -0.178. The van der Waals surface area contributed by atoms with E-state index in [2.05, 4.69) is 0 Å². The summed E-state index contributed by atoms with van der Waals surface area (Å²) in [5, 5.41) is 45.9. The van der Waals surface area contributed by atoms with E-state index in [0.717, 1.165) is 18.1 Å². The van der Waals surface area contributed by atoms with Gasteiger partial charge in [0, 0.05) is 34.3 Å². The van der Waals surface area contributed by atoms with Crippen LogP contribution >= 0.6 is 0 Å². The first-order chi connectivity index (χ1) is 20.0. The molecule has 0 aliphatic heterocycles. The number of hydrogen-bond acceptors (Lipinski definition) is 8. The average Bonchev–Trinajstić information content (AvgIpc) is 2.89. The molecule has 5 rings (SSSR count). The zero-order valence-electron chi connectivity index (χ0n) is 25.4. The van der Waals surface area contributed by atoms with Gasteiger partial charge in [0.15, 0.2) is 23.0 Å². The van der Waals surface area contributed by atoms with Gasteiger partial charge in [0.05, 0.1) is 5.56 Å². The first-order valence-corrected chi connectivity index (χ1v) is 14.6. The molecule has 8 heteroatoms. The summed E-state index contributed by atoms with van der Waals surface area (Å²) in [5.74, 6) is -5.60. The Morgan fingerprint density at radius 2 is 1.72 bits per heavy atom. The molecule has 2 aromatic carbocycles. The van der Waals surface area contributed by atoms with Gasteiger partial charge in [-0.15, -0.1) is 0 Å². The molecule has 1 fully saturated rings. The Kier molecular flexibility index (Phi) is 7.08. The Morgan fingerprint density at radius 3 is 2.33 bits per heavy atom. The Balaban J connectivity index is 1.66. The van der Waals surface area contributed by atoms with E-state index in [0.29, 0.717) is 17.5 Å². The van der Waals surface area contributed by atoms with Gasteiger partial charge in [-0.3, -0.25) is 19.2 Å². The van der Waals surface area contributed by atoms with Crippen molar-refractivity contribution in [2.75, 3.05) is 0 Å². The average molecular weight is 587 g/mol. The van der Waals surface area contributed by atoms with Crippen LogP contribution in [-0.4, -0.2) is 49.2 Å². The maximum absolute atomic E-state index is 14.4. The van der Waals surface area contributed by atoms with Gasteiger partial charge < -0.3 is 20.4 Å². The molecule has 3 aliphatic rings. The molecule has 0 spiro atoms. The van der Waals surface area contributed by atoms with Gasteiger partial charge >= 0.3 is 0 Å². The van der Waals surface area contributed by atoms with E-state index in [9.17, 15) is 39.6 Å². The van der Waals surface area contributed by atoms with Gasteiger partial charge in [-0.1, -0.05) is 57.5 Å². The Labute approximate surface area is 250 Å². The number of phenols is 1. The largest absolute Gasteiger partial charge is 0.508 e. The quantitative estimate of drug-likeness (QED) is 0.263. The number of carbonyl (C=O) groups is 4. The third-order valence-electron chi connectivity index (χ3n) is 9.95. The molecule has 4 N–H and O–H groups in total. The number of benzene rings is 2. The first kappa shape index (κ1) is 30.4. The van der Waals surface area contributed by atoms with Crippen molar-refractivity contribution in [3.05, 3.63) is 81.1 Å². The summed E-state index contributed by atoms with van der Waals surface area (Å²) in [6.45, 7) is 9.89. The van der Waals surface area contributed by atoms with Crippen molar-refractivity contribution in [1.82, 2.24) is 0 Å². The fraction of sp³-hybridized carbons (Fsp3) is 0.429. The van der Waals surface area contributed by atoms with Crippen molar-refractivity contribution >= 4 is 28.9 Å². The van der Waals surface area contributed by atoms with E-state index >= 15 is 0 Å². The van der Waals surface area contributed by atoms with Gasteiger partial charge in [0.1, 0.15) is 22.8 Å². The summed E-state index contributed by atoms with van der Waals surface area (Å²) in [5.41, 5.74) is -3.15. The number of rotatable bonds is 6. The second-order valence-electron chi connectivity index (χ2n) is 13.4. The van der Waals surface area contributed by atoms with Crippen LogP contribution in [0.25, 0.3) is 5.76 Å². The van der Waals surface area contributed by atoms with Crippen molar-refractivity contribution in [3.63, 3.8) is 0 Å². The number of aryl methyl sites for hydroxylation is 2. The SMILES string of the molecule is CC(=O)C1=C(O)[C@]2(O)C(=O)C3=C(O)c4c(O)ccc(CCC(=O)c5cccc(C)c5)c4C[C@]3(C)C[C@]2(C)C(C(C)C)C1=O. The molecule has 1 unspecified atom stereocenters. The highest BCUT2D eigenvalue weighted by Gasteiger charge is 2.72. The number of hydrogen-bond donors (Lipinski definition) is 4. The van der Waals surface area contributed by atoms with E-state index < -0.39 is 62.7 Å². The second-order valence-corrected chi connectivity index (χ2v) is 13.4. The monoisotopic (exact) mass is 586 g/mol. The minimum absolute atomic E-state index is 0.0161. The minimum atomic E-state index is -2.65. The Hall–Kier alpha value is -4.04. The number of phenolic OH excluding ortho intramolecular Hbond substituents is 1. The second kappa shape index (κ2) is 10.0. The molecule has 0 radical (unpaired) electrons. The number of carbonyl (C=O) groups excluding carboxylic acids is 4. The molecule has 3 aliphatic carbocycles. The van der Waals surface area contributed by atoms with Crippen molar-refractivity contribution in [2.24, 2.45) is 22.7 Å². The summed E-state index contributed by atoms with van der Waals surface area (Å²) < 4.78 is 0. The summed E-state index contributed by atoms with van der Waals surface area (Å²) in [6.07, 6.45) is 0.691. The lowest BCUT2D eigenvalue weighted by Gasteiger charge is -2.59. The van der Waals surface area contributed by atoms with Crippen LogP contribution in [0.4, 0.5) is 0 Å². The molecule has 0 heterocycles. The van der Waals surface area contributed by atoms with Crippen LogP contribution in [0.3, 0.4) is 0 Å². The summed E-state index contributed by atoms with van der Waals surface area (Å²) in [6, 6.07) is 10.4. The number of ketones is 4. The van der Waals surface area contributed by atoms with Crippen LogP contribution in [0.2, 0.25) is 0 Å². The van der Waals surface area contributed by atoms with Gasteiger partial charge in [0.2, 0.25) is 5.78 Å². The molecular weight excluding hydrogens is 548 g/mol. The molecule has 2 aromatic rings. The van der Waals surface area contributed by atoms with Crippen LogP contribution in [-0.2, 0) is 27.2 Å². The van der Waals surface area contributed by atoms with E-state index in [-0.39, 0.29) is 41.9 Å². The number of fused-ring (bicyclic) bond motifs is 3. The maximum atomic E-state index is 14.4. The molecule has 1 saturated carbocycles. The Bertz CT molecular complexity index is 1680. The van der Waals surface area contributed by atoms with Crippen molar-refractivity contribution in [3.8, 4) is 5.75 Å². The topological polar surface area (TPSA) is 149 Å². The van der Waals surface area contributed by atoms with Gasteiger partial charge in [-0.05, 0) is 62.3 Å². The highest BCUT2D eigenvalue weighted by Crippen LogP contribution is 2.65. The fourth-order valence-electron chi connectivity index (χ4n) is 8.22. The summed E-state index contributed by atoms with van der Waals surface area (Å²) in [4.78, 5) is 53.6. The predicted octanol–water partition coefficient (Wildman–Crippen LogP) is 5.31. The normalized spacial score (nSPS) is 28.5. The molecule has 226 valence electrons. The van der Waals surface area contributed by atoms with Crippen LogP contribution < -0.4 is 0 Å². The summed E-state index contributed by atoms with van der Waals surface area (Å²) >= 11 is 0. The first-order valence-electron chi connectivity index (χ1n) is 14.6. The zero-order chi connectivity index (χ0) is 31.8. The van der Waals surface area contributed by atoms with Crippen LogP contribution in [0.5, 0.6) is 5.75 Å². The molecular formula is C35H38O8. The molecule has 43 heavy (non-hydrogen) atoms. The molecule has 4 atom stereocenters. The minimum Gasteiger partial charge on any atom is -0.508 e. The van der Waals surface area contributed by atoms with E-state index in [1.165, 1.54) is 6.07 Å². The van der Waals surface area contributed by atoms with Gasteiger partial charge in [-0.2, -0.15) is 0 Å². The van der Waals surface area contributed by atoms with Crippen LogP contribution in [0, 0.1) is 29.6 Å². The van der Waals surface area contributed by atoms with Gasteiger partial charge in [-0.25, -0.2) is 0 Å². The lowest BCUT2D eigenvalue weighted by Crippen LogP contribution is -2.69. The fourth-order valence-corrected chi connectivity index (χ4v) is 8.22. The van der Waals surface area contributed by atoms with Crippen LogP contribution in [0.15, 0.2) is 53.3 Å². The predicted molar refractivity (Wildman–Crippen MR) is 160 cm³/mol. The summed E-state index contributed by atoms with van der Waals surface area (Å²) in [7, 11) is 0. The number of aliphatic hydroxyl groups is 3. The number of aliphatic hydroxyl groups excluding tert-OH is 2. The van der Waals surface area contributed by atoms with Crippen molar-refractivity contribution < 1.29 is 39.6 Å². The van der Waals surface area contributed by atoms with Crippen LogP contribution in [0.1, 0.15) is 80.1 Å². The maximum Gasteiger partial charge on any atom is 0.203 e. The standard InChI is InChI=1S/C35H38O8/c1-17(2)27-29(39)25(19(4)36)31(41)35(43)32(42)28-30(40)26-22(15-33(28,5)16-34(27,35)6)20(11-13-24(26)38)10-12-23(37)21-9-7-8-18(3)14-21/h7-9,11,13-14,17,27,38,40-41,43H,10,12,15-16H2,1-6H3/t27?,33-,34-,35+/m1/s1. The van der Waals surface area contributed by atoms with Crippen molar-refractivity contribution in [2.45, 2.75) is 72.8 Å². The van der Waals surface area contributed by atoms with E-state index in [1.54, 1.807) is 39.8 Å². The molecule has 0 saturated heterocycles. The smallest absolute Gasteiger partial charge is 0.203 e. The molecule has 0 aromatic heterocycles. The van der Waals surface area contributed by atoms with Gasteiger partial charge in [0.25, 0.3) is 0 Å².